The molecule has 1 aromatic carbocycles. The standard InChI is InChI=1S/C19H20BrClN4O2S/c1-11(2)16(26)24-6-5-19(9-24)10-25(14-4-3-12(20)7-13(14)19)18(27)23-17-22-8-15(21)28-17/h3-4,7-8,11H,5-6,9-10H2,1-2H3,(H,22,23,27). The highest BCUT2D eigenvalue weighted by molar-refractivity contribution is 9.10. The van der Waals surface area contributed by atoms with Gasteiger partial charge in [-0.15, -0.1) is 0 Å². The maximum absolute atomic E-state index is 13.0. The molecule has 3 heterocycles. The highest BCUT2D eigenvalue weighted by Crippen LogP contribution is 2.47. The van der Waals surface area contributed by atoms with Crippen LogP contribution < -0.4 is 10.2 Å². The molecule has 1 fully saturated rings. The molecule has 1 unspecified atom stereocenters. The van der Waals surface area contributed by atoms with Crippen molar-refractivity contribution >= 4 is 61.6 Å². The fourth-order valence-corrected chi connectivity index (χ4v) is 5.23. The van der Waals surface area contributed by atoms with Crippen molar-refractivity contribution in [3.05, 3.63) is 38.8 Å². The van der Waals surface area contributed by atoms with Gasteiger partial charge in [-0.25, -0.2) is 9.78 Å². The highest BCUT2D eigenvalue weighted by Gasteiger charge is 2.50. The van der Waals surface area contributed by atoms with E-state index in [4.69, 9.17) is 11.6 Å². The van der Waals surface area contributed by atoms with Crippen LogP contribution in [0.25, 0.3) is 0 Å². The van der Waals surface area contributed by atoms with Crippen LogP contribution in [-0.4, -0.2) is 41.5 Å². The number of carbonyl (C=O) groups is 2. The van der Waals surface area contributed by atoms with Gasteiger partial charge >= 0.3 is 6.03 Å². The molecule has 1 aromatic heterocycles. The van der Waals surface area contributed by atoms with Gasteiger partial charge in [0.05, 0.1) is 6.20 Å². The summed E-state index contributed by atoms with van der Waals surface area (Å²) in [6.45, 7) is 5.71. The van der Waals surface area contributed by atoms with Crippen LogP contribution in [0, 0.1) is 5.92 Å². The second kappa shape index (κ2) is 7.31. The smallest absolute Gasteiger partial charge is 0.328 e. The summed E-state index contributed by atoms with van der Waals surface area (Å²) in [6.07, 6.45) is 2.35. The number of urea groups is 1. The van der Waals surface area contributed by atoms with E-state index in [1.54, 1.807) is 4.90 Å². The van der Waals surface area contributed by atoms with Crippen LogP contribution in [-0.2, 0) is 10.2 Å². The highest BCUT2D eigenvalue weighted by atomic mass is 79.9. The molecule has 2 aliphatic heterocycles. The van der Waals surface area contributed by atoms with E-state index < -0.39 is 0 Å². The molecule has 0 aliphatic carbocycles. The van der Waals surface area contributed by atoms with Crippen molar-refractivity contribution in [2.24, 2.45) is 5.92 Å². The van der Waals surface area contributed by atoms with Gasteiger partial charge in [-0.2, -0.15) is 0 Å². The first-order valence-electron chi connectivity index (χ1n) is 9.08. The summed E-state index contributed by atoms with van der Waals surface area (Å²) in [5.41, 5.74) is 1.73. The molecule has 2 aromatic rings. The van der Waals surface area contributed by atoms with Crippen molar-refractivity contribution in [2.45, 2.75) is 25.7 Å². The van der Waals surface area contributed by atoms with Crippen molar-refractivity contribution < 1.29 is 9.59 Å². The lowest BCUT2D eigenvalue weighted by molar-refractivity contribution is -0.133. The van der Waals surface area contributed by atoms with Crippen molar-refractivity contribution in [3.63, 3.8) is 0 Å². The number of anilines is 2. The van der Waals surface area contributed by atoms with Gasteiger partial charge in [-0.3, -0.25) is 15.0 Å². The molecule has 1 saturated heterocycles. The number of carbonyl (C=O) groups excluding carboxylic acids is 2. The van der Waals surface area contributed by atoms with Gasteiger partial charge in [0.2, 0.25) is 5.91 Å². The molecule has 3 amide bonds. The number of halogens is 2. The lowest BCUT2D eigenvalue weighted by Crippen LogP contribution is -2.42. The summed E-state index contributed by atoms with van der Waals surface area (Å²) in [4.78, 5) is 33.3. The molecule has 2 aliphatic rings. The number of benzene rings is 1. The molecule has 28 heavy (non-hydrogen) atoms. The zero-order valence-corrected chi connectivity index (χ0v) is 18.7. The number of fused-ring (bicyclic) bond motifs is 2. The molecule has 148 valence electrons. The number of hydrogen-bond donors (Lipinski definition) is 1. The third-order valence-electron chi connectivity index (χ3n) is 5.38. The Bertz CT molecular complexity index is 950. The van der Waals surface area contributed by atoms with E-state index in [0.29, 0.717) is 29.1 Å². The second-order valence-corrected chi connectivity index (χ2v) is 10.2. The first-order chi connectivity index (χ1) is 13.3. The van der Waals surface area contributed by atoms with Gasteiger partial charge in [0, 0.05) is 41.1 Å². The monoisotopic (exact) mass is 482 g/mol. The molecule has 1 atom stereocenters. The SMILES string of the molecule is CC(C)C(=O)N1CCC2(C1)CN(C(=O)Nc1ncc(Cl)s1)c1ccc(Br)cc12. The second-order valence-electron chi connectivity index (χ2n) is 7.59. The molecule has 9 heteroatoms. The fourth-order valence-electron chi connectivity index (χ4n) is 4.07. The van der Waals surface area contributed by atoms with E-state index >= 15 is 0 Å². The predicted molar refractivity (Wildman–Crippen MR) is 115 cm³/mol. The number of aromatic nitrogens is 1. The van der Waals surface area contributed by atoms with Crippen LogP contribution in [0.4, 0.5) is 15.6 Å². The topological polar surface area (TPSA) is 65.5 Å². The van der Waals surface area contributed by atoms with Crippen LogP contribution >= 0.6 is 38.9 Å². The van der Waals surface area contributed by atoms with E-state index in [0.717, 1.165) is 22.1 Å². The summed E-state index contributed by atoms with van der Waals surface area (Å²) in [7, 11) is 0. The Labute approximate surface area is 181 Å². The Morgan fingerprint density at radius 2 is 2.14 bits per heavy atom. The van der Waals surface area contributed by atoms with Crippen LogP contribution in [0.15, 0.2) is 28.9 Å². The fraction of sp³-hybridized carbons (Fsp3) is 0.421. The van der Waals surface area contributed by atoms with Crippen LogP contribution in [0.3, 0.4) is 0 Å². The summed E-state index contributed by atoms with van der Waals surface area (Å²) >= 11 is 10.7. The Morgan fingerprint density at radius 3 is 2.82 bits per heavy atom. The summed E-state index contributed by atoms with van der Waals surface area (Å²) in [5.74, 6) is 0.126. The third kappa shape index (κ3) is 3.42. The van der Waals surface area contributed by atoms with E-state index in [-0.39, 0.29) is 23.3 Å². The van der Waals surface area contributed by atoms with Crippen molar-refractivity contribution in [3.8, 4) is 0 Å². The first-order valence-corrected chi connectivity index (χ1v) is 11.1. The van der Waals surface area contributed by atoms with Gasteiger partial charge in [-0.1, -0.05) is 52.7 Å². The molecule has 6 nitrogen and oxygen atoms in total. The zero-order valence-electron chi connectivity index (χ0n) is 15.5. The zero-order chi connectivity index (χ0) is 20.1. The Kier molecular flexibility index (Phi) is 5.14. The van der Waals surface area contributed by atoms with E-state index in [1.807, 2.05) is 30.9 Å². The minimum atomic E-state index is -0.248. The molecule has 4 rings (SSSR count). The average Bonchev–Trinajstić information content (AvgIpc) is 3.34. The number of hydrogen-bond acceptors (Lipinski definition) is 4. The molecule has 0 radical (unpaired) electrons. The molecule has 0 bridgehead atoms. The first kappa shape index (κ1) is 19.7. The number of nitrogens with zero attached hydrogens (tertiary/aromatic N) is 3. The van der Waals surface area contributed by atoms with E-state index in [1.165, 1.54) is 17.5 Å². The van der Waals surface area contributed by atoms with Gasteiger partial charge < -0.3 is 4.90 Å². The Balaban J connectivity index is 1.63. The lowest BCUT2D eigenvalue weighted by Gasteiger charge is -2.26. The quantitative estimate of drug-likeness (QED) is 0.671. The molecular weight excluding hydrogens is 464 g/mol. The largest absolute Gasteiger partial charge is 0.341 e. The van der Waals surface area contributed by atoms with Gasteiger partial charge in [0.15, 0.2) is 5.13 Å². The number of rotatable bonds is 2. The third-order valence-corrected chi connectivity index (χ3v) is 6.90. The van der Waals surface area contributed by atoms with Gasteiger partial charge in [-0.05, 0) is 30.2 Å². The van der Waals surface area contributed by atoms with Crippen LogP contribution in [0.5, 0.6) is 0 Å². The number of likely N-dealkylation sites (tertiary alicyclic amines) is 1. The molecular formula is C19H20BrClN4O2S. The maximum Gasteiger partial charge on any atom is 0.328 e. The summed E-state index contributed by atoms with van der Waals surface area (Å²) in [5, 5.41) is 3.31. The molecule has 1 spiro atoms. The van der Waals surface area contributed by atoms with Crippen molar-refractivity contribution in [1.82, 2.24) is 9.88 Å². The number of amides is 3. The summed E-state index contributed by atoms with van der Waals surface area (Å²) in [6, 6.07) is 5.73. The minimum Gasteiger partial charge on any atom is -0.341 e. The number of thiazole rings is 1. The van der Waals surface area contributed by atoms with Crippen molar-refractivity contribution in [2.75, 3.05) is 29.9 Å². The summed E-state index contributed by atoms with van der Waals surface area (Å²) < 4.78 is 1.49. The van der Waals surface area contributed by atoms with E-state index in [2.05, 4.69) is 32.3 Å². The van der Waals surface area contributed by atoms with Crippen LogP contribution in [0.1, 0.15) is 25.8 Å². The Morgan fingerprint density at radius 1 is 1.36 bits per heavy atom. The van der Waals surface area contributed by atoms with Gasteiger partial charge in [0.1, 0.15) is 4.34 Å². The van der Waals surface area contributed by atoms with Crippen molar-refractivity contribution in [1.29, 1.82) is 0 Å². The van der Waals surface area contributed by atoms with Crippen LogP contribution in [0.2, 0.25) is 4.34 Å². The predicted octanol–water partition coefficient (Wildman–Crippen LogP) is 4.74. The minimum absolute atomic E-state index is 0.0346. The average molecular weight is 484 g/mol. The normalized spacial score (nSPS) is 20.9. The lowest BCUT2D eigenvalue weighted by atomic mass is 9.81. The maximum atomic E-state index is 13.0. The Hall–Kier alpha value is -1.64. The van der Waals surface area contributed by atoms with E-state index in [9.17, 15) is 9.59 Å². The van der Waals surface area contributed by atoms with Gasteiger partial charge in [0.25, 0.3) is 0 Å². The molecule has 1 N–H and O–H groups in total. The number of nitrogens with one attached hydrogen (secondary N) is 1. The molecule has 0 saturated carbocycles.